The van der Waals surface area contributed by atoms with Gasteiger partial charge in [0.2, 0.25) is 5.91 Å². The largest absolute Gasteiger partial charge is 0.385 e. The van der Waals surface area contributed by atoms with Crippen LogP contribution in [0.2, 0.25) is 10.0 Å². The summed E-state index contributed by atoms with van der Waals surface area (Å²) >= 11 is 11.9. The second-order valence-electron chi connectivity index (χ2n) is 4.65. The molecule has 0 bridgehead atoms. The lowest BCUT2D eigenvalue weighted by Crippen LogP contribution is -2.35. The van der Waals surface area contributed by atoms with E-state index in [9.17, 15) is 4.79 Å². The van der Waals surface area contributed by atoms with Crippen molar-refractivity contribution in [2.45, 2.75) is 13.0 Å². The Bertz CT molecular complexity index is 421. The highest BCUT2D eigenvalue weighted by molar-refractivity contribution is 6.34. The summed E-state index contributed by atoms with van der Waals surface area (Å²) in [5, 5.41) is 4.05. The molecule has 0 aliphatic heterocycles. The van der Waals surface area contributed by atoms with Crippen molar-refractivity contribution in [3.05, 3.63) is 33.8 Å². The number of rotatable bonds is 8. The van der Waals surface area contributed by atoms with Crippen LogP contribution in [0.5, 0.6) is 0 Å². The third kappa shape index (κ3) is 7.10. The highest BCUT2D eigenvalue weighted by Gasteiger charge is 2.07. The molecule has 1 N–H and O–H groups in total. The Labute approximate surface area is 130 Å². The number of benzene rings is 1. The van der Waals surface area contributed by atoms with E-state index in [2.05, 4.69) is 5.32 Å². The molecule has 0 unspecified atom stereocenters. The van der Waals surface area contributed by atoms with Gasteiger partial charge < -0.3 is 10.1 Å². The van der Waals surface area contributed by atoms with Gasteiger partial charge in [0.25, 0.3) is 0 Å². The first-order valence-electron chi connectivity index (χ1n) is 6.40. The monoisotopic (exact) mass is 318 g/mol. The summed E-state index contributed by atoms with van der Waals surface area (Å²) in [5.41, 5.74) is 0.984. The van der Waals surface area contributed by atoms with Gasteiger partial charge in [-0.25, -0.2) is 0 Å². The number of likely N-dealkylation sites (N-methyl/N-ethyl adjacent to an activating group) is 1. The SMILES string of the molecule is COCCCNC(=O)CN(C)Cc1cc(Cl)cc(Cl)c1. The number of amides is 1. The van der Waals surface area contributed by atoms with E-state index in [-0.39, 0.29) is 5.91 Å². The van der Waals surface area contributed by atoms with Crippen LogP contribution >= 0.6 is 23.2 Å². The van der Waals surface area contributed by atoms with Crippen molar-refractivity contribution in [1.29, 1.82) is 0 Å². The predicted octanol–water partition coefficient (Wildman–Crippen LogP) is 2.58. The van der Waals surface area contributed by atoms with Crippen LogP contribution in [-0.4, -0.2) is 44.7 Å². The molecule has 4 nitrogen and oxygen atoms in total. The number of nitrogens with zero attached hydrogens (tertiary/aromatic N) is 1. The fourth-order valence-corrected chi connectivity index (χ4v) is 2.39. The molecule has 0 fully saturated rings. The molecule has 112 valence electrons. The van der Waals surface area contributed by atoms with Gasteiger partial charge in [0.05, 0.1) is 6.54 Å². The van der Waals surface area contributed by atoms with Crippen molar-refractivity contribution in [3.8, 4) is 0 Å². The number of hydrogen-bond donors (Lipinski definition) is 1. The fourth-order valence-electron chi connectivity index (χ4n) is 1.82. The molecular formula is C14H20Cl2N2O2. The zero-order chi connectivity index (χ0) is 15.0. The first kappa shape index (κ1) is 17.2. The summed E-state index contributed by atoms with van der Waals surface area (Å²) in [6.45, 7) is 2.23. The number of hydrogen-bond acceptors (Lipinski definition) is 3. The Kier molecular flexibility index (Phi) is 7.92. The van der Waals surface area contributed by atoms with Gasteiger partial charge >= 0.3 is 0 Å². The summed E-state index contributed by atoms with van der Waals surface area (Å²) < 4.78 is 4.92. The molecule has 6 heteroatoms. The average molecular weight is 319 g/mol. The molecule has 1 aromatic rings. The van der Waals surface area contributed by atoms with E-state index in [1.165, 1.54) is 0 Å². The third-order valence-electron chi connectivity index (χ3n) is 2.64. The van der Waals surface area contributed by atoms with Crippen LogP contribution in [0.1, 0.15) is 12.0 Å². The van der Waals surface area contributed by atoms with Crippen LogP contribution in [0.15, 0.2) is 18.2 Å². The second kappa shape index (κ2) is 9.19. The second-order valence-corrected chi connectivity index (χ2v) is 5.52. The maximum absolute atomic E-state index is 11.7. The molecule has 0 aromatic heterocycles. The fraction of sp³-hybridized carbons (Fsp3) is 0.500. The van der Waals surface area contributed by atoms with Crippen LogP contribution in [0.3, 0.4) is 0 Å². The first-order valence-corrected chi connectivity index (χ1v) is 7.16. The van der Waals surface area contributed by atoms with Crippen molar-refractivity contribution in [2.24, 2.45) is 0 Å². The lowest BCUT2D eigenvalue weighted by Gasteiger charge is -2.16. The minimum atomic E-state index is -0.00303. The van der Waals surface area contributed by atoms with Gasteiger partial charge in [-0.2, -0.15) is 0 Å². The van der Waals surface area contributed by atoms with Crippen molar-refractivity contribution < 1.29 is 9.53 Å². The van der Waals surface area contributed by atoms with Gasteiger partial charge in [0, 0.05) is 36.9 Å². The summed E-state index contributed by atoms with van der Waals surface area (Å²) in [5.74, 6) is -0.00303. The molecule has 0 heterocycles. The molecule has 0 radical (unpaired) electrons. The van der Waals surface area contributed by atoms with Crippen LogP contribution in [-0.2, 0) is 16.1 Å². The summed E-state index contributed by atoms with van der Waals surface area (Å²) in [6.07, 6.45) is 0.815. The molecule has 0 spiro atoms. The van der Waals surface area contributed by atoms with E-state index < -0.39 is 0 Å². The maximum Gasteiger partial charge on any atom is 0.234 e. The van der Waals surface area contributed by atoms with Gasteiger partial charge in [0.1, 0.15) is 0 Å². The number of halogens is 2. The smallest absolute Gasteiger partial charge is 0.234 e. The van der Waals surface area contributed by atoms with E-state index in [4.69, 9.17) is 27.9 Å². The number of nitrogens with one attached hydrogen (secondary N) is 1. The van der Waals surface area contributed by atoms with Gasteiger partial charge in [-0.3, -0.25) is 9.69 Å². The quantitative estimate of drug-likeness (QED) is 0.749. The Balaban J connectivity index is 2.35. The van der Waals surface area contributed by atoms with Crippen LogP contribution in [0.25, 0.3) is 0 Å². The minimum Gasteiger partial charge on any atom is -0.385 e. The van der Waals surface area contributed by atoms with Crippen molar-refractivity contribution >= 4 is 29.1 Å². The molecule has 1 amide bonds. The minimum absolute atomic E-state index is 0.00303. The van der Waals surface area contributed by atoms with Gasteiger partial charge in [0.15, 0.2) is 0 Å². The normalized spacial score (nSPS) is 10.8. The zero-order valence-electron chi connectivity index (χ0n) is 11.8. The van der Waals surface area contributed by atoms with Gasteiger partial charge in [-0.15, -0.1) is 0 Å². The van der Waals surface area contributed by atoms with E-state index >= 15 is 0 Å². The standard InChI is InChI=1S/C14H20Cl2N2O2/c1-18(10-14(19)17-4-3-5-20-2)9-11-6-12(15)8-13(16)7-11/h6-8H,3-5,9-10H2,1-2H3,(H,17,19). The molecule has 0 saturated heterocycles. The van der Waals surface area contributed by atoms with Crippen LogP contribution < -0.4 is 5.32 Å². The molecule has 0 aliphatic rings. The molecular weight excluding hydrogens is 299 g/mol. The summed E-state index contributed by atoms with van der Waals surface area (Å²) in [4.78, 5) is 13.6. The average Bonchev–Trinajstić information content (AvgIpc) is 2.33. The molecule has 1 rings (SSSR count). The summed E-state index contributed by atoms with van der Waals surface area (Å²) in [6, 6.07) is 5.38. The number of carbonyl (C=O) groups is 1. The first-order chi connectivity index (χ1) is 9.51. The van der Waals surface area contributed by atoms with E-state index in [1.54, 1.807) is 13.2 Å². The predicted molar refractivity (Wildman–Crippen MR) is 82.3 cm³/mol. The van der Waals surface area contributed by atoms with Crippen LogP contribution in [0, 0.1) is 0 Å². The third-order valence-corrected chi connectivity index (χ3v) is 3.07. The number of carbonyl (C=O) groups excluding carboxylic acids is 1. The Morgan fingerprint density at radius 2 is 1.95 bits per heavy atom. The Morgan fingerprint density at radius 1 is 1.30 bits per heavy atom. The lowest BCUT2D eigenvalue weighted by molar-refractivity contribution is -0.122. The number of methoxy groups -OCH3 is 1. The molecule has 0 atom stereocenters. The lowest BCUT2D eigenvalue weighted by atomic mass is 10.2. The molecule has 0 saturated carbocycles. The van der Waals surface area contributed by atoms with Crippen molar-refractivity contribution in [1.82, 2.24) is 10.2 Å². The van der Waals surface area contributed by atoms with E-state index in [1.807, 2.05) is 24.1 Å². The van der Waals surface area contributed by atoms with E-state index in [0.29, 0.717) is 36.3 Å². The Hall–Kier alpha value is -0.810. The highest BCUT2D eigenvalue weighted by atomic mass is 35.5. The summed E-state index contributed by atoms with van der Waals surface area (Å²) in [7, 11) is 3.52. The molecule has 20 heavy (non-hydrogen) atoms. The number of ether oxygens (including phenoxy) is 1. The molecule has 0 aliphatic carbocycles. The molecule has 1 aromatic carbocycles. The Morgan fingerprint density at radius 3 is 2.55 bits per heavy atom. The van der Waals surface area contributed by atoms with E-state index in [0.717, 1.165) is 12.0 Å². The van der Waals surface area contributed by atoms with Gasteiger partial charge in [-0.1, -0.05) is 23.2 Å². The zero-order valence-corrected chi connectivity index (χ0v) is 13.3. The maximum atomic E-state index is 11.7. The van der Waals surface area contributed by atoms with Crippen molar-refractivity contribution in [3.63, 3.8) is 0 Å². The highest BCUT2D eigenvalue weighted by Crippen LogP contribution is 2.19. The van der Waals surface area contributed by atoms with Gasteiger partial charge in [-0.05, 0) is 37.2 Å². The van der Waals surface area contributed by atoms with Crippen LogP contribution in [0.4, 0.5) is 0 Å². The topological polar surface area (TPSA) is 41.6 Å². The van der Waals surface area contributed by atoms with Crippen molar-refractivity contribution in [2.75, 3.05) is 33.9 Å².